The number of hydrogen-bond donors (Lipinski definition) is 1. The van der Waals surface area contributed by atoms with Gasteiger partial charge < -0.3 is 10.2 Å². The number of nitrogens with zero attached hydrogens (tertiary/aromatic N) is 1. The minimum atomic E-state index is -0.0522. The second kappa shape index (κ2) is 5.88. The third-order valence-electron chi connectivity index (χ3n) is 3.73. The fraction of sp³-hybridized carbons (Fsp3) is 0.235. The highest BCUT2D eigenvalue weighted by Gasteiger charge is 2.25. The third kappa shape index (κ3) is 2.80. The van der Waals surface area contributed by atoms with Gasteiger partial charge in [0.25, 0.3) is 5.91 Å². The lowest BCUT2D eigenvalue weighted by Crippen LogP contribution is -2.39. The summed E-state index contributed by atoms with van der Waals surface area (Å²) in [5.41, 5.74) is 2.63. The fourth-order valence-corrected chi connectivity index (χ4v) is 2.83. The Labute approximate surface area is 129 Å². The van der Waals surface area contributed by atoms with E-state index in [2.05, 4.69) is 12.2 Å². The number of anilines is 1. The number of benzene rings is 2. The lowest BCUT2D eigenvalue weighted by Gasteiger charge is -2.25. The average molecular weight is 301 g/mol. The van der Waals surface area contributed by atoms with Crippen molar-refractivity contribution in [2.24, 2.45) is 0 Å². The Balaban J connectivity index is 2.04. The van der Waals surface area contributed by atoms with Crippen LogP contribution in [0, 0.1) is 0 Å². The summed E-state index contributed by atoms with van der Waals surface area (Å²) < 4.78 is 0. The van der Waals surface area contributed by atoms with Gasteiger partial charge in [-0.1, -0.05) is 41.9 Å². The molecule has 1 N–H and O–H groups in total. The SMILES string of the molecule is C[C@@H]1CN(C(=O)c2ccccc2Cl)c2ccccc2CN1. The zero-order valence-electron chi connectivity index (χ0n) is 11.8. The molecule has 0 fully saturated rings. The first-order chi connectivity index (χ1) is 10.2. The van der Waals surface area contributed by atoms with Crippen molar-refractivity contribution < 1.29 is 4.79 Å². The highest BCUT2D eigenvalue weighted by molar-refractivity contribution is 6.34. The van der Waals surface area contributed by atoms with E-state index in [4.69, 9.17) is 11.6 Å². The highest BCUT2D eigenvalue weighted by atomic mass is 35.5. The molecule has 0 unspecified atom stereocenters. The van der Waals surface area contributed by atoms with Gasteiger partial charge in [0.1, 0.15) is 0 Å². The third-order valence-corrected chi connectivity index (χ3v) is 4.06. The molecule has 0 bridgehead atoms. The number of rotatable bonds is 1. The smallest absolute Gasteiger partial charge is 0.259 e. The van der Waals surface area contributed by atoms with Crippen LogP contribution >= 0.6 is 11.6 Å². The zero-order valence-corrected chi connectivity index (χ0v) is 12.6. The summed E-state index contributed by atoms with van der Waals surface area (Å²) in [5, 5.41) is 3.92. The van der Waals surface area contributed by atoms with Crippen molar-refractivity contribution in [3.63, 3.8) is 0 Å². The summed E-state index contributed by atoms with van der Waals surface area (Å²) in [7, 11) is 0. The van der Waals surface area contributed by atoms with Gasteiger partial charge in [-0.25, -0.2) is 0 Å². The highest BCUT2D eigenvalue weighted by Crippen LogP contribution is 2.27. The maximum absolute atomic E-state index is 12.9. The summed E-state index contributed by atoms with van der Waals surface area (Å²) >= 11 is 6.18. The molecular formula is C17H17ClN2O. The van der Waals surface area contributed by atoms with Crippen LogP contribution < -0.4 is 10.2 Å². The van der Waals surface area contributed by atoms with Gasteiger partial charge in [0.15, 0.2) is 0 Å². The van der Waals surface area contributed by atoms with Crippen LogP contribution in [0.2, 0.25) is 5.02 Å². The molecule has 0 saturated heterocycles. The molecule has 1 aliphatic heterocycles. The Morgan fingerprint density at radius 2 is 1.90 bits per heavy atom. The van der Waals surface area contributed by atoms with Gasteiger partial charge in [0, 0.05) is 24.8 Å². The van der Waals surface area contributed by atoms with E-state index in [-0.39, 0.29) is 11.9 Å². The van der Waals surface area contributed by atoms with E-state index in [0.717, 1.165) is 17.8 Å². The molecule has 108 valence electrons. The fourth-order valence-electron chi connectivity index (χ4n) is 2.62. The summed E-state index contributed by atoms with van der Waals surface area (Å²) in [6, 6.07) is 15.4. The number of halogens is 1. The topological polar surface area (TPSA) is 32.3 Å². The molecule has 3 nitrogen and oxygen atoms in total. The normalized spacial score (nSPS) is 18.0. The van der Waals surface area contributed by atoms with Crippen molar-refractivity contribution in [2.45, 2.75) is 19.5 Å². The molecular weight excluding hydrogens is 284 g/mol. The second-order valence-electron chi connectivity index (χ2n) is 5.31. The van der Waals surface area contributed by atoms with Crippen LogP contribution in [0.25, 0.3) is 0 Å². The van der Waals surface area contributed by atoms with E-state index in [1.54, 1.807) is 12.1 Å². The van der Waals surface area contributed by atoms with E-state index < -0.39 is 0 Å². The van der Waals surface area contributed by atoms with Crippen molar-refractivity contribution in [2.75, 3.05) is 11.4 Å². The number of fused-ring (bicyclic) bond motifs is 1. The first-order valence-corrected chi connectivity index (χ1v) is 7.42. The van der Waals surface area contributed by atoms with Crippen LogP contribution in [0.4, 0.5) is 5.69 Å². The lowest BCUT2D eigenvalue weighted by atomic mass is 10.1. The Bertz CT molecular complexity index is 671. The van der Waals surface area contributed by atoms with Crippen molar-refractivity contribution in [3.8, 4) is 0 Å². The molecule has 0 radical (unpaired) electrons. The summed E-state index contributed by atoms with van der Waals surface area (Å²) in [4.78, 5) is 14.7. The van der Waals surface area contributed by atoms with E-state index in [9.17, 15) is 4.79 Å². The first kappa shape index (κ1) is 14.1. The zero-order chi connectivity index (χ0) is 14.8. The second-order valence-corrected chi connectivity index (χ2v) is 5.71. The number of para-hydroxylation sites is 1. The Kier molecular flexibility index (Phi) is 3.95. The number of nitrogens with one attached hydrogen (secondary N) is 1. The van der Waals surface area contributed by atoms with Crippen LogP contribution in [0.15, 0.2) is 48.5 Å². The van der Waals surface area contributed by atoms with E-state index in [1.165, 1.54) is 0 Å². The van der Waals surface area contributed by atoms with Crippen LogP contribution in [0.5, 0.6) is 0 Å². The first-order valence-electron chi connectivity index (χ1n) is 7.04. The monoisotopic (exact) mass is 300 g/mol. The Hall–Kier alpha value is -1.84. The van der Waals surface area contributed by atoms with Crippen molar-refractivity contribution in [1.29, 1.82) is 0 Å². The van der Waals surface area contributed by atoms with Gasteiger partial charge in [-0.2, -0.15) is 0 Å². The van der Waals surface area contributed by atoms with Crippen LogP contribution in [0.3, 0.4) is 0 Å². The van der Waals surface area contributed by atoms with Crippen LogP contribution in [-0.4, -0.2) is 18.5 Å². The largest absolute Gasteiger partial charge is 0.308 e. The van der Waals surface area contributed by atoms with E-state index in [1.807, 2.05) is 41.3 Å². The molecule has 1 heterocycles. The van der Waals surface area contributed by atoms with Crippen LogP contribution in [-0.2, 0) is 6.54 Å². The van der Waals surface area contributed by atoms with Gasteiger partial charge in [-0.3, -0.25) is 4.79 Å². The molecule has 3 rings (SSSR count). The summed E-state index contributed by atoms with van der Waals surface area (Å²) in [6.45, 7) is 3.48. The minimum absolute atomic E-state index is 0.0522. The number of amides is 1. The lowest BCUT2D eigenvalue weighted by molar-refractivity contribution is 0.0985. The van der Waals surface area contributed by atoms with Gasteiger partial charge in [-0.15, -0.1) is 0 Å². The Morgan fingerprint density at radius 1 is 1.19 bits per heavy atom. The molecule has 2 aromatic rings. The van der Waals surface area contributed by atoms with Gasteiger partial charge in [0.05, 0.1) is 10.6 Å². The quantitative estimate of drug-likeness (QED) is 0.874. The molecule has 0 saturated carbocycles. The molecule has 2 aromatic carbocycles. The number of carbonyl (C=O) groups excluding carboxylic acids is 1. The molecule has 1 atom stereocenters. The van der Waals surface area contributed by atoms with E-state index in [0.29, 0.717) is 17.1 Å². The summed E-state index contributed by atoms with van der Waals surface area (Å²) in [6.07, 6.45) is 0. The minimum Gasteiger partial charge on any atom is -0.308 e. The maximum Gasteiger partial charge on any atom is 0.259 e. The number of carbonyl (C=O) groups is 1. The molecule has 4 heteroatoms. The van der Waals surface area contributed by atoms with Crippen molar-refractivity contribution >= 4 is 23.2 Å². The predicted molar refractivity (Wildman–Crippen MR) is 85.9 cm³/mol. The average Bonchev–Trinajstić information content (AvgIpc) is 2.67. The van der Waals surface area contributed by atoms with Gasteiger partial charge in [0.2, 0.25) is 0 Å². The standard InChI is InChI=1S/C17H17ClN2O/c1-12-11-20(16-9-5-2-6-13(16)10-19-12)17(21)14-7-3-4-8-15(14)18/h2-9,12,19H,10-11H2,1H3/t12-/m1/s1. The predicted octanol–water partition coefficient (Wildman–Crippen LogP) is 3.48. The maximum atomic E-state index is 12.9. The molecule has 1 amide bonds. The van der Waals surface area contributed by atoms with E-state index >= 15 is 0 Å². The number of hydrogen-bond acceptors (Lipinski definition) is 2. The molecule has 0 aromatic heterocycles. The van der Waals surface area contributed by atoms with Crippen LogP contribution in [0.1, 0.15) is 22.8 Å². The van der Waals surface area contributed by atoms with Crippen molar-refractivity contribution in [3.05, 3.63) is 64.7 Å². The molecule has 1 aliphatic rings. The summed E-state index contributed by atoms with van der Waals surface area (Å²) in [5.74, 6) is -0.0522. The molecule has 0 spiro atoms. The molecule has 21 heavy (non-hydrogen) atoms. The Morgan fingerprint density at radius 3 is 2.71 bits per heavy atom. The van der Waals surface area contributed by atoms with Crippen molar-refractivity contribution in [1.82, 2.24) is 5.32 Å². The van der Waals surface area contributed by atoms with Gasteiger partial charge >= 0.3 is 0 Å². The molecule has 0 aliphatic carbocycles. The van der Waals surface area contributed by atoms with Gasteiger partial charge in [-0.05, 0) is 30.7 Å².